The number of rotatable bonds is 9. The van der Waals surface area contributed by atoms with Gasteiger partial charge in [-0.3, -0.25) is 14.2 Å². The minimum atomic E-state index is -0.150. The van der Waals surface area contributed by atoms with E-state index in [1.165, 1.54) is 11.8 Å². The normalized spacial score (nSPS) is 10.6. The lowest BCUT2D eigenvalue weighted by molar-refractivity contribution is 0.0950. The van der Waals surface area contributed by atoms with E-state index in [-0.39, 0.29) is 17.4 Å². The van der Waals surface area contributed by atoms with Gasteiger partial charge in [-0.15, -0.1) is 0 Å². The van der Waals surface area contributed by atoms with Crippen LogP contribution >= 0.6 is 11.8 Å². The van der Waals surface area contributed by atoms with Crippen molar-refractivity contribution < 1.29 is 14.3 Å². The van der Waals surface area contributed by atoms with Crippen LogP contribution in [-0.4, -0.2) is 34.1 Å². The molecule has 6 nitrogen and oxygen atoms in total. The predicted octanol–water partition coefficient (Wildman–Crippen LogP) is 4.79. The quantitative estimate of drug-likeness (QED) is 0.289. The van der Waals surface area contributed by atoms with Crippen molar-refractivity contribution in [1.82, 2.24) is 14.9 Å². The molecule has 7 heteroatoms. The summed E-state index contributed by atoms with van der Waals surface area (Å²) in [4.78, 5) is 29.7. The van der Waals surface area contributed by atoms with Crippen molar-refractivity contribution in [3.05, 3.63) is 108 Å². The van der Waals surface area contributed by atoms with Gasteiger partial charge >= 0.3 is 0 Å². The fourth-order valence-electron chi connectivity index (χ4n) is 3.28. The Labute approximate surface area is 196 Å². The van der Waals surface area contributed by atoms with Crippen molar-refractivity contribution in [2.75, 3.05) is 12.9 Å². The van der Waals surface area contributed by atoms with E-state index >= 15 is 0 Å². The van der Waals surface area contributed by atoms with Crippen molar-refractivity contribution in [2.45, 2.75) is 11.7 Å². The molecule has 0 unspecified atom stereocenters. The van der Waals surface area contributed by atoms with Crippen LogP contribution < -0.4 is 10.1 Å². The molecule has 0 atom stereocenters. The topological polar surface area (TPSA) is 73.2 Å². The first kappa shape index (κ1) is 22.4. The predicted molar refractivity (Wildman–Crippen MR) is 129 cm³/mol. The highest BCUT2D eigenvalue weighted by Gasteiger charge is 2.13. The van der Waals surface area contributed by atoms with Gasteiger partial charge in [0.25, 0.3) is 5.91 Å². The summed E-state index contributed by atoms with van der Waals surface area (Å²) in [5.74, 6) is 0.724. The maximum atomic E-state index is 12.7. The first-order valence-corrected chi connectivity index (χ1v) is 11.4. The van der Waals surface area contributed by atoms with E-state index in [2.05, 4.69) is 10.3 Å². The number of benzene rings is 3. The molecule has 166 valence electrons. The van der Waals surface area contributed by atoms with Crippen LogP contribution in [0.5, 0.6) is 5.75 Å². The largest absolute Gasteiger partial charge is 0.497 e. The SMILES string of the molecule is COc1cccc(C(=O)CSc2nccn2-c2cccc(C(=O)NCc3ccccc3)c2)c1. The Hall–Kier alpha value is -3.84. The van der Waals surface area contributed by atoms with Crippen LogP contribution in [0.4, 0.5) is 0 Å². The number of carbonyl (C=O) groups is 2. The van der Waals surface area contributed by atoms with Gasteiger partial charge in [-0.1, -0.05) is 60.3 Å². The van der Waals surface area contributed by atoms with E-state index < -0.39 is 0 Å². The Balaban J connectivity index is 1.43. The smallest absolute Gasteiger partial charge is 0.251 e. The van der Waals surface area contributed by atoms with E-state index in [1.54, 1.807) is 43.6 Å². The third-order valence-electron chi connectivity index (χ3n) is 5.01. The molecule has 0 radical (unpaired) electrons. The number of hydrogen-bond acceptors (Lipinski definition) is 5. The summed E-state index contributed by atoms with van der Waals surface area (Å²) in [6.07, 6.45) is 3.50. The van der Waals surface area contributed by atoms with Gasteiger partial charge in [0, 0.05) is 35.8 Å². The highest BCUT2D eigenvalue weighted by molar-refractivity contribution is 7.99. The molecule has 1 aromatic heterocycles. The number of Topliss-reactive ketones (excluding diaryl/α,β-unsaturated/α-hetero) is 1. The molecule has 33 heavy (non-hydrogen) atoms. The number of nitrogens with zero attached hydrogens (tertiary/aromatic N) is 2. The maximum absolute atomic E-state index is 12.7. The van der Waals surface area contributed by atoms with E-state index in [0.29, 0.717) is 28.6 Å². The zero-order chi connectivity index (χ0) is 23.0. The number of aromatic nitrogens is 2. The Bertz CT molecular complexity index is 1250. The zero-order valence-corrected chi connectivity index (χ0v) is 18.9. The number of hydrogen-bond donors (Lipinski definition) is 1. The molecule has 0 aliphatic heterocycles. The molecule has 0 spiro atoms. The van der Waals surface area contributed by atoms with Crippen molar-refractivity contribution in [1.29, 1.82) is 0 Å². The van der Waals surface area contributed by atoms with Crippen LogP contribution in [0.15, 0.2) is 96.4 Å². The van der Waals surface area contributed by atoms with Gasteiger partial charge in [-0.25, -0.2) is 4.98 Å². The number of carbonyl (C=O) groups excluding carboxylic acids is 2. The third kappa shape index (κ3) is 5.70. The number of amides is 1. The van der Waals surface area contributed by atoms with Crippen LogP contribution in [-0.2, 0) is 6.54 Å². The fraction of sp³-hybridized carbons (Fsp3) is 0.115. The van der Waals surface area contributed by atoms with Crippen LogP contribution in [0.25, 0.3) is 5.69 Å². The Morgan fingerprint density at radius 2 is 1.76 bits per heavy atom. The molecule has 4 aromatic rings. The van der Waals surface area contributed by atoms with Gasteiger partial charge in [-0.05, 0) is 35.9 Å². The van der Waals surface area contributed by atoms with Crippen molar-refractivity contribution in [3.63, 3.8) is 0 Å². The molecule has 0 bridgehead atoms. The lowest BCUT2D eigenvalue weighted by Gasteiger charge is -2.10. The summed E-state index contributed by atoms with van der Waals surface area (Å²) in [6.45, 7) is 0.461. The minimum Gasteiger partial charge on any atom is -0.497 e. The standard InChI is InChI=1S/C26H23N3O3S/c1-32-23-12-6-9-20(16-23)24(30)18-33-26-27-13-14-29(26)22-11-5-10-21(15-22)25(31)28-17-19-7-3-2-4-8-19/h2-16H,17-18H2,1H3,(H,28,31). The van der Waals surface area contributed by atoms with Gasteiger partial charge < -0.3 is 10.1 Å². The molecule has 0 fully saturated rings. The highest BCUT2D eigenvalue weighted by Crippen LogP contribution is 2.23. The van der Waals surface area contributed by atoms with E-state index in [0.717, 1.165) is 11.3 Å². The van der Waals surface area contributed by atoms with Gasteiger partial charge in [0.05, 0.1) is 12.9 Å². The second kappa shape index (κ2) is 10.7. The third-order valence-corrected chi connectivity index (χ3v) is 5.98. The summed E-state index contributed by atoms with van der Waals surface area (Å²) in [5.41, 5.74) is 2.99. The number of methoxy groups -OCH3 is 1. The molecule has 1 amide bonds. The Morgan fingerprint density at radius 3 is 2.58 bits per heavy atom. The number of thioether (sulfide) groups is 1. The molecule has 0 saturated carbocycles. The van der Waals surface area contributed by atoms with Crippen LogP contribution in [0.1, 0.15) is 26.3 Å². The first-order valence-electron chi connectivity index (χ1n) is 10.4. The second-order valence-corrected chi connectivity index (χ2v) is 8.18. The molecule has 1 N–H and O–H groups in total. The molecule has 1 heterocycles. The highest BCUT2D eigenvalue weighted by atomic mass is 32.2. The monoisotopic (exact) mass is 457 g/mol. The molecule has 4 rings (SSSR count). The fourth-order valence-corrected chi connectivity index (χ4v) is 4.15. The number of imidazole rings is 1. The lowest BCUT2D eigenvalue weighted by Crippen LogP contribution is -2.22. The van der Waals surface area contributed by atoms with Gasteiger partial charge in [0.15, 0.2) is 10.9 Å². The number of ether oxygens (including phenoxy) is 1. The van der Waals surface area contributed by atoms with E-state index in [4.69, 9.17) is 4.74 Å². The maximum Gasteiger partial charge on any atom is 0.251 e. The van der Waals surface area contributed by atoms with Crippen molar-refractivity contribution >= 4 is 23.5 Å². The van der Waals surface area contributed by atoms with Gasteiger partial charge in [0.2, 0.25) is 0 Å². The zero-order valence-electron chi connectivity index (χ0n) is 18.1. The summed E-state index contributed by atoms with van der Waals surface area (Å²) < 4.78 is 7.07. The summed E-state index contributed by atoms with van der Waals surface area (Å²) in [7, 11) is 1.57. The second-order valence-electron chi connectivity index (χ2n) is 7.24. The molecular weight excluding hydrogens is 434 g/mol. The molecule has 0 saturated heterocycles. The summed E-state index contributed by atoms with van der Waals surface area (Å²) >= 11 is 1.35. The summed E-state index contributed by atoms with van der Waals surface area (Å²) in [5, 5.41) is 3.62. The molecule has 0 aliphatic rings. The minimum absolute atomic E-state index is 0.0116. The summed E-state index contributed by atoms with van der Waals surface area (Å²) in [6, 6.07) is 24.2. The molecule has 3 aromatic carbocycles. The van der Waals surface area contributed by atoms with Crippen LogP contribution in [0.2, 0.25) is 0 Å². The number of nitrogens with one attached hydrogen (secondary N) is 1. The molecular formula is C26H23N3O3S. The Morgan fingerprint density at radius 1 is 0.970 bits per heavy atom. The van der Waals surface area contributed by atoms with E-state index in [1.807, 2.05) is 59.3 Å². The molecule has 0 aliphatic carbocycles. The van der Waals surface area contributed by atoms with Crippen molar-refractivity contribution in [3.8, 4) is 11.4 Å². The van der Waals surface area contributed by atoms with E-state index in [9.17, 15) is 9.59 Å². The van der Waals surface area contributed by atoms with Gasteiger partial charge in [-0.2, -0.15) is 0 Å². The van der Waals surface area contributed by atoms with Gasteiger partial charge in [0.1, 0.15) is 5.75 Å². The van der Waals surface area contributed by atoms with Crippen molar-refractivity contribution in [2.24, 2.45) is 0 Å². The lowest BCUT2D eigenvalue weighted by atomic mass is 10.1. The average molecular weight is 458 g/mol. The van der Waals surface area contributed by atoms with Crippen LogP contribution in [0, 0.1) is 0 Å². The van der Waals surface area contributed by atoms with Crippen LogP contribution in [0.3, 0.4) is 0 Å². The first-order chi connectivity index (χ1) is 16.1. The number of ketones is 1. The average Bonchev–Trinajstić information content (AvgIpc) is 3.35. The Kier molecular flexibility index (Phi) is 7.22.